The van der Waals surface area contributed by atoms with Crippen molar-refractivity contribution in [2.75, 3.05) is 0 Å². The van der Waals surface area contributed by atoms with Crippen LogP contribution in [0.1, 0.15) is 64.9 Å². The molecule has 212 valence electrons. The van der Waals surface area contributed by atoms with Gasteiger partial charge in [0.05, 0.1) is 28.2 Å². The van der Waals surface area contributed by atoms with E-state index in [0.717, 1.165) is 35.3 Å². The Morgan fingerprint density at radius 1 is 1.22 bits per heavy atom. The Labute approximate surface area is 248 Å². The number of hydrogen-bond donors (Lipinski definition) is 1. The Morgan fingerprint density at radius 2 is 2.00 bits per heavy atom. The van der Waals surface area contributed by atoms with Crippen LogP contribution in [0.15, 0.2) is 80.1 Å². The van der Waals surface area contributed by atoms with Crippen molar-refractivity contribution in [1.29, 1.82) is 0 Å². The van der Waals surface area contributed by atoms with Gasteiger partial charge in [0.1, 0.15) is 10.8 Å². The molecule has 1 aliphatic rings. The van der Waals surface area contributed by atoms with Crippen LogP contribution in [-0.2, 0) is 19.4 Å². The molecule has 1 amide bonds. The Bertz CT molecular complexity index is 1580. The highest BCUT2D eigenvalue weighted by Gasteiger charge is 2.33. The lowest BCUT2D eigenvalue weighted by Gasteiger charge is -2.33. The van der Waals surface area contributed by atoms with E-state index in [1.807, 2.05) is 43.3 Å². The van der Waals surface area contributed by atoms with Crippen LogP contribution in [0.2, 0.25) is 0 Å². The van der Waals surface area contributed by atoms with Gasteiger partial charge in [-0.2, -0.15) is 0 Å². The van der Waals surface area contributed by atoms with E-state index >= 15 is 0 Å². The smallest absolute Gasteiger partial charge is 0.283 e. The molecule has 1 aliphatic carbocycles. The number of nitro benzene ring substituents is 1. The highest BCUT2D eigenvalue weighted by atomic mass is 32.2. The summed E-state index contributed by atoms with van der Waals surface area (Å²) in [6.07, 6.45) is 5.95. The average Bonchev–Trinajstić information content (AvgIpc) is 3.59. The minimum Gasteiger partial charge on any atom is -0.467 e. The molecule has 0 bridgehead atoms. The summed E-state index contributed by atoms with van der Waals surface area (Å²) in [5, 5.41) is 15.5. The lowest BCUT2D eigenvalue weighted by Crippen LogP contribution is -2.28. The lowest BCUT2D eigenvalue weighted by molar-refractivity contribution is -0.387. The number of thiophene rings is 1. The molecule has 2 heterocycles. The summed E-state index contributed by atoms with van der Waals surface area (Å²) < 4.78 is 5.39. The fourth-order valence-corrected chi connectivity index (χ4v) is 7.18. The molecule has 7 nitrogen and oxygen atoms in total. The maximum Gasteiger partial charge on any atom is 0.283 e. The average molecular weight is 588 g/mol. The van der Waals surface area contributed by atoms with Gasteiger partial charge >= 0.3 is 0 Å². The van der Waals surface area contributed by atoms with Gasteiger partial charge in [0.2, 0.25) is 0 Å². The third kappa shape index (κ3) is 6.80. The van der Waals surface area contributed by atoms with Crippen LogP contribution in [0.5, 0.6) is 0 Å². The number of nitrogens with one attached hydrogen (secondary N) is 1. The first-order valence-corrected chi connectivity index (χ1v) is 15.2. The number of hydrogen-bond acceptors (Lipinski definition) is 7. The van der Waals surface area contributed by atoms with E-state index in [9.17, 15) is 14.9 Å². The van der Waals surface area contributed by atoms with Crippen molar-refractivity contribution in [3.63, 3.8) is 0 Å². The molecule has 1 N–H and O–H groups in total. The molecule has 4 aromatic rings. The van der Waals surface area contributed by atoms with Crippen LogP contribution in [0.25, 0.3) is 0 Å². The Hall–Kier alpha value is -3.69. The molecule has 5 rings (SSSR count). The van der Waals surface area contributed by atoms with Gasteiger partial charge in [-0.1, -0.05) is 56.3 Å². The second-order valence-electron chi connectivity index (χ2n) is 11.4. The molecule has 0 unspecified atom stereocenters. The Morgan fingerprint density at radius 3 is 2.68 bits per heavy atom. The number of aliphatic imine (C=N–C) groups is 1. The number of benzene rings is 2. The number of nitrogens with zero attached hydrogens (tertiary/aromatic N) is 2. The van der Waals surface area contributed by atoms with E-state index in [1.54, 1.807) is 42.0 Å². The van der Waals surface area contributed by atoms with Crippen molar-refractivity contribution in [3.05, 3.63) is 104 Å². The molecule has 1 atom stereocenters. The van der Waals surface area contributed by atoms with Crippen molar-refractivity contribution in [3.8, 4) is 0 Å². The van der Waals surface area contributed by atoms with Crippen molar-refractivity contribution in [1.82, 2.24) is 5.32 Å². The van der Waals surface area contributed by atoms with Crippen LogP contribution in [-0.4, -0.2) is 17.0 Å². The van der Waals surface area contributed by atoms with Crippen LogP contribution >= 0.6 is 23.1 Å². The maximum atomic E-state index is 13.5. The van der Waals surface area contributed by atoms with Gasteiger partial charge in [0.15, 0.2) is 0 Å². The van der Waals surface area contributed by atoms with Gasteiger partial charge in [-0.25, -0.2) is 4.99 Å². The van der Waals surface area contributed by atoms with Crippen molar-refractivity contribution in [2.24, 2.45) is 16.3 Å². The molecule has 41 heavy (non-hydrogen) atoms. The summed E-state index contributed by atoms with van der Waals surface area (Å²) in [6.45, 7) is 9.09. The van der Waals surface area contributed by atoms with E-state index in [1.165, 1.54) is 16.6 Å². The number of carbonyl (C=O) groups excluding carboxylic acids is 1. The molecule has 0 saturated carbocycles. The highest BCUT2D eigenvalue weighted by molar-refractivity contribution is 7.99. The molecule has 0 radical (unpaired) electrons. The number of fused-ring (bicyclic) bond motifs is 1. The van der Waals surface area contributed by atoms with Gasteiger partial charge < -0.3 is 9.73 Å². The summed E-state index contributed by atoms with van der Waals surface area (Å²) in [5.41, 5.74) is 3.59. The second-order valence-corrected chi connectivity index (χ2v) is 13.6. The van der Waals surface area contributed by atoms with E-state index in [4.69, 9.17) is 9.41 Å². The molecule has 9 heteroatoms. The van der Waals surface area contributed by atoms with E-state index in [-0.39, 0.29) is 28.5 Å². The van der Waals surface area contributed by atoms with Crippen LogP contribution in [0.3, 0.4) is 0 Å². The monoisotopic (exact) mass is 587 g/mol. The van der Waals surface area contributed by atoms with Gasteiger partial charge in [-0.05, 0) is 79.0 Å². The zero-order valence-corrected chi connectivity index (χ0v) is 25.2. The van der Waals surface area contributed by atoms with Crippen molar-refractivity contribution < 1.29 is 14.1 Å². The molecular weight excluding hydrogens is 555 g/mol. The van der Waals surface area contributed by atoms with Gasteiger partial charge in [0, 0.05) is 22.1 Å². The molecular formula is C32H33N3O4S2. The molecule has 2 aromatic heterocycles. The van der Waals surface area contributed by atoms with Gasteiger partial charge in [-0.3, -0.25) is 14.9 Å². The lowest BCUT2D eigenvalue weighted by atomic mass is 9.72. The minimum absolute atomic E-state index is 0.0226. The molecule has 2 aromatic carbocycles. The number of aryl methyl sites for hydroxylation is 1. The fraction of sp³-hybridized carbons (Fsp3) is 0.312. The van der Waals surface area contributed by atoms with E-state index in [2.05, 4.69) is 26.1 Å². The zero-order valence-electron chi connectivity index (χ0n) is 23.6. The topological polar surface area (TPSA) is 97.7 Å². The summed E-state index contributed by atoms with van der Waals surface area (Å²) in [6, 6.07) is 16.6. The standard InChI is InChI=1S/C32H33N3O4S2/c1-20-7-11-24(12-8-20)40-27-14-9-21(16-26(27)35(37)38)18-34-31-29(30(36)33-19-23-6-5-15-39-23)25-13-10-22(32(2,3)4)17-28(25)41-31/h5-9,11-12,14-16,18,22H,10,13,17,19H2,1-4H3,(H,33,36)/t22-/m0/s1. The van der Waals surface area contributed by atoms with Gasteiger partial charge in [-0.15, -0.1) is 11.3 Å². The number of rotatable bonds is 8. The number of furan rings is 1. The third-order valence-corrected chi connectivity index (χ3v) is 9.70. The summed E-state index contributed by atoms with van der Waals surface area (Å²) in [5.74, 6) is 1.01. The van der Waals surface area contributed by atoms with Crippen LogP contribution < -0.4 is 5.32 Å². The molecule has 0 spiro atoms. The summed E-state index contributed by atoms with van der Waals surface area (Å²) >= 11 is 2.91. The first-order valence-electron chi connectivity index (χ1n) is 13.6. The predicted octanol–water partition coefficient (Wildman–Crippen LogP) is 8.54. The summed E-state index contributed by atoms with van der Waals surface area (Å²) in [4.78, 5) is 32.5. The fourth-order valence-electron chi connectivity index (χ4n) is 5.01. The first-order chi connectivity index (χ1) is 19.6. The number of carbonyl (C=O) groups is 1. The Kier molecular flexibility index (Phi) is 8.47. The van der Waals surface area contributed by atoms with Crippen molar-refractivity contribution in [2.45, 2.75) is 63.3 Å². The molecule has 0 fully saturated rings. The van der Waals surface area contributed by atoms with Crippen LogP contribution in [0, 0.1) is 28.4 Å². The minimum atomic E-state index is -0.363. The third-order valence-electron chi connectivity index (χ3n) is 7.46. The van der Waals surface area contributed by atoms with E-state index in [0.29, 0.717) is 32.7 Å². The number of nitro groups is 1. The van der Waals surface area contributed by atoms with Crippen LogP contribution in [0.4, 0.5) is 10.7 Å². The quantitative estimate of drug-likeness (QED) is 0.127. The Balaban J connectivity index is 1.44. The first kappa shape index (κ1) is 28.8. The summed E-state index contributed by atoms with van der Waals surface area (Å²) in [7, 11) is 0. The highest BCUT2D eigenvalue weighted by Crippen LogP contribution is 2.45. The second kappa shape index (κ2) is 12.0. The van der Waals surface area contributed by atoms with E-state index < -0.39 is 0 Å². The van der Waals surface area contributed by atoms with Gasteiger partial charge in [0.25, 0.3) is 11.6 Å². The SMILES string of the molecule is Cc1ccc(Sc2ccc(C=Nc3sc4c(c3C(=O)NCc3ccco3)CC[C@H](C(C)(C)C)C4)cc2[N+](=O)[O-])cc1. The largest absolute Gasteiger partial charge is 0.467 e. The number of amides is 1. The normalized spacial score (nSPS) is 15.2. The molecule has 0 saturated heterocycles. The van der Waals surface area contributed by atoms with Crippen molar-refractivity contribution >= 4 is 45.9 Å². The zero-order chi connectivity index (χ0) is 29.1. The molecule has 0 aliphatic heterocycles. The predicted molar refractivity (Wildman–Crippen MR) is 165 cm³/mol. The maximum absolute atomic E-state index is 13.5.